The molecule has 0 aliphatic carbocycles. The minimum Gasteiger partial charge on any atom is -0.495 e. The van der Waals surface area contributed by atoms with Crippen molar-refractivity contribution in [2.75, 3.05) is 59.2 Å². The predicted octanol–water partition coefficient (Wildman–Crippen LogP) is 1.58. The highest BCUT2D eigenvalue weighted by Crippen LogP contribution is 2.28. The summed E-state index contributed by atoms with van der Waals surface area (Å²) in [7, 11) is 0.533. The number of carbonyl (C=O) groups excluding carboxylic acids is 2. The van der Waals surface area contributed by atoms with Crippen LogP contribution in [-0.4, -0.2) is 88.3 Å². The third kappa shape index (κ3) is 6.13. The van der Waals surface area contributed by atoms with E-state index in [1.54, 1.807) is 6.07 Å². The Morgan fingerprint density at radius 2 is 1.74 bits per heavy atom. The lowest BCUT2D eigenvalue weighted by Gasteiger charge is -2.34. The largest absolute Gasteiger partial charge is 0.495 e. The molecule has 1 N–H and O–H groups in total. The van der Waals surface area contributed by atoms with Crippen LogP contribution in [0, 0.1) is 6.92 Å². The van der Waals surface area contributed by atoms with Gasteiger partial charge in [-0.05, 0) is 36.2 Å². The predicted molar refractivity (Wildman–Crippen MR) is 130 cm³/mol. The number of piperazine rings is 1. The summed E-state index contributed by atoms with van der Waals surface area (Å²) in [6.45, 7) is 4.46. The van der Waals surface area contributed by atoms with E-state index in [0.29, 0.717) is 38.3 Å². The smallest absolute Gasteiger partial charge is 0.246 e. The summed E-state index contributed by atoms with van der Waals surface area (Å²) in [4.78, 5) is 29.1. The van der Waals surface area contributed by atoms with Crippen molar-refractivity contribution in [3.63, 3.8) is 0 Å². The van der Waals surface area contributed by atoms with Crippen LogP contribution in [0.15, 0.2) is 47.4 Å². The maximum absolute atomic E-state index is 12.7. The molecular formula is C24H32N4O5S. The van der Waals surface area contributed by atoms with E-state index in [2.05, 4.69) is 5.32 Å². The highest BCUT2D eigenvalue weighted by atomic mass is 32.2. The van der Waals surface area contributed by atoms with E-state index < -0.39 is 10.0 Å². The molecule has 10 heteroatoms. The Balaban J connectivity index is 1.55. The number of benzene rings is 2. The second-order valence-corrected chi connectivity index (χ2v) is 10.6. The monoisotopic (exact) mass is 488 g/mol. The number of nitrogens with zero attached hydrogens (tertiary/aromatic N) is 3. The van der Waals surface area contributed by atoms with Crippen LogP contribution < -0.4 is 10.1 Å². The highest BCUT2D eigenvalue weighted by molar-refractivity contribution is 7.89. The Bertz CT molecular complexity index is 1140. The van der Waals surface area contributed by atoms with Crippen molar-refractivity contribution in [1.29, 1.82) is 0 Å². The Morgan fingerprint density at radius 1 is 1.06 bits per heavy atom. The molecule has 1 aliphatic heterocycles. The van der Waals surface area contributed by atoms with Crippen molar-refractivity contribution >= 4 is 27.5 Å². The van der Waals surface area contributed by atoms with Gasteiger partial charge < -0.3 is 15.0 Å². The maximum Gasteiger partial charge on any atom is 0.246 e. The minimum absolute atomic E-state index is 0.0152. The average molecular weight is 489 g/mol. The molecule has 0 spiro atoms. The Hall–Kier alpha value is -2.95. The first kappa shape index (κ1) is 25.7. The standard InChI is InChI=1S/C24H32N4O5S/c1-18-7-5-6-8-19(18)15-24(30)28-13-11-27(12-14-28)17-23(29)25-20-9-10-21(33-4)22(16-20)34(31,32)26(2)3/h5-10,16H,11-15,17H2,1-4H3,(H,25,29). The first-order valence-electron chi connectivity index (χ1n) is 11.1. The van der Waals surface area contributed by atoms with Gasteiger partial charge in [0.1, 0.15) is 10.6 Å². The number of rotatable bonds is 8. The zero-order valence-electron chi connectivity index (χ0n) is 20.1. The third-order valence-corrected chi connectivity index (χ3v) is 7.74. The van der Waals surface area contributed by atoms with E-state index in [9.17, 15) is 18.0 Å². The molecule has 0 aromatic heterocycles. The van der Waals surface area contributed by atoms with Gasteiger partial charge >= 0.3 is 0 Å². The molecule has 0 saturated carbocycles. The van der Waals surface area contributed by atoms with Crippen molar-refractivity contribution in [3.8, 4) is 5.75 Å². The topological polar surface area (TPSA) is 99.3 Å². The van der Waals surface area contributed by atoms with Crippen LogP contribution in [-0.2, 0) is 26.0 Å². The highest BCUT2D eigenvalue weighted by Gasteiger charge is 2.25. The maximum atomic E-state index is 12.7. The normalized spacial score (nSPS) is 14.8. The summed E-state index contributed by atoms with van der Waals surface area (Å²) >= 11 is 0. The molecule has 2 aromatic rings. The third-order valence-electron chi connectivity index (χ3n) is 5.90. The molecule has 1 saturated heterocycles. The van der Waals surface area contributed by atoms with E-state index in [1.165, 1.54) is 33.3 Å². The Morgan fingerprint density at radius 3 is 2.35 bits per heavy atom. The van der Waals surface area contributed by atoms with Gasteiger partial charge in [-0.3, -0.25) is 14.5 Å². The van der Waals surface area contributed by atoms with E-state index in [1.807, 2.05) is 41.0 Å². The van der Waals surface area contributed by atoms with Crippen LogP contribution in [0.4, 0.5) is 5.69 Å². The first-order chi connectivity index (χ1) is 16.1. The minimum atomic E-state index is -3.74. The molecule has 1 heterocycles. The number of methoxy groups -OCH3 is 1. The molecule has 1 aliphatic rings. The molecule has 0 radical (unpaired) electrons. The van der Waals surface area contributed by atoms with Gasteiger partial charge in [0.25, 0.3) is 0 Å². The molecule has 2 amide bonds. The fourth-order valence-electron chi connectivity index (χ4n) is 3.79. The summed E-state index contributed by atoms with van der Waals surface area (Å²) in [6, 6.07) is 12.4. The van der Waals surface area contributed by atoms with E-state index in [-0.39, 0.29) is 29.0 Å². The van der Waals surface area contributed by atoms with Gasteiger partial charge in [-0.15, -0.1) is 0 Å². The van der Waals surface area contributed by atoms with E-state index in [4.69, 9.17) is 4.74 Å². The molecule has 34 heavy (non-hydrogen) atoms. The van der Waals surface area contributed by atoms with Gasteiger partial charge in [-0.2, -0.15) is 0 Å². The second kappa shape index (κ2) is 11.0. The number of aryl methyl sites for hydroxylation is 1. The summed E-state index contributed by atoms with van der Waals surface area (Å²) < 4.78 is 31.4. The molecule has 2 aromatic carbocycles. The fraction of sp³-hybridized carbons (Fsp3) is 0.417. The van der Waals surface area contributed by atoms with E-state index >= 15 is 0 Å². The molecule has 9 nitrogen and oxygen atoms in total. The quantitative estimate of drug-likeness (QED) is 0.606. The van der Waals surface area contributed by atoms with E-state index in [0.717, 1.165) is 15.4 Å². The van der Waals surface area contributed by atoms with Gasteiger partial charge in [0.2, 0.25) is 21.8 Å². The second-order valence-electron chi connectivity index (χ2n) is 8.46. The van der Waals surface area contributed by atoms with Crippen LogP contribution in [0.25, 0.3) is 0 Å². The fourth-order valence-corrected chi connectivity index (χ4v) is 4.87. The van der Waals surface area contributed by atoms with Crippen LogP contribution in [0.1, 0.15) is 11.1 Å². The van der Waals surface area contributed by atoms with Gasteiger partial charge in [0, 0.05) is 46.0 Å². The number of ether oxygens (including phenoxy) is 1. The van der Waals surface area contributed by atoms with Crippen molar-refractivity contribution in [3.05, 3.63) is 53.6 Å². The first-order valence-corrected chi connectivity index (χ1v) is 12.5. The number of hydrogen-bond acceptors (Lipinski definition) is 6. The number of anilines is 1. The van der Waals surface area contributed by atoms with Gasteiger partial charge in [-0.25, -0.2) is 12.7 Å². The number of amides is 2. The van der Waals surface area contributed by atoms with Crippen LogP contribution in [0.5, 0.6) is 5.75 Å². The average Bonchev–Trinajstić information content (AvgIpc) is 2.80. The lowest BCUT2D eigenvalue weighted by Crippen LogP contribution is -2.50. The summed E-state index contributed by atoms with van der Waals surface area (Å²) in [5.74, 6) is 0.0440. The van der Waals surface area contributed by atoms with Gasteiger partial charge in [0.05, 0.1) is 20.1 Å². The van der Waals surface area contributed by atoms with Crippen molar-refractivity contribution in [2.45, 2.75) is 18.2 Å². The molecular weight excluding hydrogens is 456 g/mol. The number of nitrogens with one attached hydrogen (secondary N) is 1. The molecule has 1 fully saturated rings. The number of sulfonamides is 1. The molecule has 184 valence electrons. The molecule has 0 bridgehead atoms. The van der Waals surface area contributed by atoms with Gasteiger partial charge in [-0.1, -0.05) is 24.3 Å². The summed E-state index contributed by atoms with van der Waals surface area (Å²) in [5, 5.41) is 2.77. The number of carbonyl (C=O) groups is 2. The van der Waals surface area contributed by atoms with Crippen LogP contribution in [0.3, 0.4) is 0 Å². The Kier molecular flexibility index (Phi) is 8.29. The van der Waals surface area contributed by atoms with Crippen molar-refractivity contribution in [2.24, 2.45) is 0 Å². The van der Waals surface area contributed by atoms with Crippen LogP contribution in [0.2, 0.25) is 0 Å². The number of hydrogen-bond donors (Lipinski definition) is 1. The zero-order valence-corrected chi connectivity index (χ0v) is 20.9. The summed E-state index contributed by atoms with van der Waals surface area (Å²) in [6.07, 6.45) is 0.378. The SMILES string of the molecule is COc1ccc(NC(=O)CN2CCN(C(=O)Cc3ccccc3C)CC2)cc1S(=O)(=O)N(C)C. The zero-order chi connectivity index (χ0) is 24.9. The van der Waals surface area contributed by atoms with Crippen molar-refractivity contribution < 1.29 is 22.7 Å². The Labute approximate surface area is 201 Å². The summed E-state index contributed by atoms with van der Waals surface area (Å²) in [5.41, 5.74) is 2.51. The van der Waals surface area contributed by atoms with Crippen molar-refractivity contribution in [1.82, 2.24) is 14.1 Å². The molecule has 3 rings (SSSR count). The lowest BCUT2D eigenvalue weighted by atomic mass is 10.1. The van der Waals surface area contributed by atoms with Crippen LogP contribution >= 0.6 is 0 Å². The van der Waals surface area contributed by atoms with Gasteiger partial charge in [0.15, 0.2) is 0 Å². The lowest BCUT2D eigenvalue weighted by molar-refractivity contribution is -0.132. The molecule has 0 atom stereocenters. The molecule has 0 unspecified atom stereocenters.